The number of fused-ring (bicyclic) bond motifs is 5. The first-order valence-corrected chi connectivity index (χ1v) is 13.0. The third kappa shape index (κ3) is 4.98. The Morgan fingerprint density at radius 3 is 2.73 bits per heavy atom. The maximum atomic E-state index is 13.4. The Morgan fingerprint density at radius 2 is 2.00 bits per heavy atom. The van der Waals surface area contributed by atoms with E-state index < -0.39 is 30.0 Å². The van der Waals surface area contributed by atoms with Crippen molar-refractivity contribution in [3.05, 3.63) is 52.5 Å². The summed E-state index contributed by atoms with van der Waals surface area (Å²) < 4.78 is 5.58. The summed E-state index contributed by atoms with van der Waals surface area (Å²) in [7, 11) is 0. The zero-order chi connectivity index (χ0) is 26.5. The normalized spacial score (nSPS) is 24.4. The number of carbonyl (C=O) groups is 2. The highest BCUT2D eigenvalue weighted by Gasteiger charge is 2.52. The number of carbonyl (C=O) groups excluding carboxylic acids is 2. The van der Waals surface area contributed by atoms with Gasteiger partial charge < -0.3 is 20.5 Å². The maximum Gasteiger partial charge on any atom is 0.411 e. The van der Waals surface area contributed by atoms with Crippen LogP contribution in [0.15, 0.2) is 36.4 Å². The van der Waals surface area contributed by atoms with Crippen molar-refractivity contribution >= 4 is 29.3 Å². The van der Waals surface area contributed by atoms with E-state index in [4.69, 9.17) is 16.3 Å². The predicted molar refractivity (Wildman–Crippen MR) is 140 cm³/mol. The Hall–Kier alpha value is -3.28. The number of nitrogens with zero attached hydrogens (tertiary/aromatic N) is 2. The maximum absolute atomic E-state index is 13.4. The first kappa shape index (κ1) is 25.4. The molecule has 2 aliphatic heterocycles. The second kappa shape index (κ2) is 9.55. The lowest BCUT2D eigenvalue weighted by atomic mass is 9.90. The minimum absolute atomic E-state index is 0.0106. The molecule has 0 aromatic heterocycles. The van der Waals surface area contributed by atoms with Crippen molar-refractivity contribution in [2.75, 3.05) is 5.32 Å². The highest BCUT2D eigenvalue weighted by molar-refractivity contribution is 6.31. The van der Waals surface area contributed by atoms with Crippen molar-refractivity contribution in [1.82, 2.24) is 10.2 Å². The number of anilines is 1. The quantitative estimate of drug-likeness (QED) is 0.533. The van der Waals surface area contributed by atoms with Gasteiger partial charge in [0.1, 0.15) is 17.7 Å². The number of ether oxygens (including phenoxy) is 1. The third-order valence-corrected chi connectivity index (χ3v) is 7.58. The van der Waals surface area contributed by atoms with Crippen LogP contribution in [0.25, 0.3) is 11.1 Å². The molecule has 0 spiro atoms. The van der Waals surface area contributed by atoms with Crippen LogP contribution in [0.3, 0.4) is 0 Å². The van der Waals surface area contributed by atoms with Crippen LogP contribution in [0.5, 0.6) is 0 Å². The van der Waals surface area contributed by atoms with Crippen molar-refractivity contribution in [2.24, 2.45) is 5.92 Å². The molecule has 1 aliphatic carbocycles. The summed E-state index contributed by atoms with van der Waals surface area (Å²) in [4.78, 5) is 27.8. The first-order chi connectivity index (χ1) is 17.5. The van der Waals surface area contributed by atoms with Gasteiger partial charge in [0.05, 0.1) is 6.07 Å². The van der Waals surface area contributed by atoms with Gasteiger partial charge in [-0.15, -0.1) is 0 Å². The van der Waals surface area contributed by atoms with Crippen LogP contribution >= 0.6 is 11.6 Å². The van der Waals surface area contributed by atoms with Crippen LogP contribution in [-0.4, -0.2) is 45.7 Å². The molecule has 3 N–H and O–H groups in total. The van der Waals surface area contributed by atoms with Crippen molar-refractivity contribution in [1.29, 1.82) is 5.26 Å². The van der Waals surface area contributed by atoms with Gasteiger partial charge in [-0.25, -0.2) is 4.79 Å². The number of rotatable bonds is 4. The third-order valence-electron chi connectivity index (χ3n) is 7.34. The molecule has 37 heavy (non-hydrogen) atoms. The Kier molecular flexibility index (Phi) is 6.55. The number of benzene rings is 2. The molecule has 1 saturated carbocycles. The summed E-state index contributed by atoms with van der Waals surface area (Å²) in [6, 6.07) is 11.9. The molecule has 2 amide bonds. The van der Waals surface area contributed by atoms with Gasteiger partial charge in [-0.3, -0.25) is 9.69 Å². The Morgan fingerprint density at radius 1 is 1.24 bits per heavy atom. The number of likely N-dealkylation sites (tertiary alicyclic amines) is 1. The number of hydrogen-bond acceptors (Lipinski definition) is 6. The Balaban J connectivity index is 1.31. The van der Waals surface area contributed by atoms with E-state index in [2.05, 4.69) is 16.7 Å². The number of amides is 2. The van der Waals surface area contributed by atoms with E-state index in [0.29, 0.717) is 10.6 Å². The second-order valence-electron chi connectivity index (χ2n) is 11.1. The SMILES string of the molecule is CC(C)(C)OC(=O)N1[C@@H]2CC[C@@H](C2)[C@H]1C(=O)NC(C#N)Cc1ccc2c(c1)C(O)Nc1cc(Cl)ccc1-2. The molecule has 5 atom stereocenters. The zero-order valence-corrected chi connectivity index (χ0v) is 21.9. The van der Waals surface area contributed by atoms with Crippen LogP contribution in [0.1, 0.15) is 57.4 Å². The summed E-state index contributed by atoms with van der Waals surface area (Å²) >= 11 is 6.10. The van der Waals surface area contributed by atoms with Crippen LogP contribution < -0.4 is 10.6 Å². The number of hydrogen-bond donors (Lipinski definition) is 3. The van der Waals surface area contributed by atoms with E-state index in [1.807, 2.05) is 24.3 Å². The van der Waals surface area contributed by atoms with E-state index in [0.717, 1.165) is 41.6 Å². The van der Waals surface area contributed by atoms with Gasteiger partial charge in [-0.05, 0) is 69.2 Å². The molecular formula is C28H31ClN4O4. The summed E-state index contributed by atoms with van der Waals surface area (Å²) in [5, 5.41) is 27.0. The molecule has 9 heteroatoms. The number of piperidine rings is 1. The molecule has 2 aromatic carbocycles. The van der Waals surface area contributed by atoms with Gasteiger partial charge in [0.25, 0.3) is 0 Å². The lowest BCUT2D eigenvalue weighted by molar-refractivity contribution is -0.128. The minimum atomic E-state index is -0.924. The van der Waals surface area contributed by atoms with Crippen molar-refractivity contribution < 1.29 is 19.4 Å². The molecule has 2 bridgehead atoms. The van der Waals surface area contributed by atoms with Crippen LogP contribution in [0.2, 0.25) is 5.02 Å². The summed E-state index contributed by atoms with van der Waals surface area (Å²) in [6.07, 6.45) is 1.37. The molecule has 2 unspecified atom stereocenters. The fourth-order valence-electron chi connectivity index (χ4n) is 5.83. The van der Waals surface area contributed by atoms with E-state index in [1.165, 1.54) is 0 Å². The number of aliphatic hydroxyl groups excluding tert-OH is 1. The van der Waals surface area contributed by atoms with E-state index >= 15 is 0 Å². The highest BCUT2D eigenvalue weighted by atomic mass is 35.5. The lowest BCUT2D eigenvalue weighted by Gasteiger charge is -2.35. The summed E-state index contributed by atoms with van der Waals surface area (Å²) in [6.45, 7) is 5.41. The highest BCUT2D eigenvalue weighted by Crippen LogP contribution is 2.44. The molecule has 2 fully saturated rings. The summed E-state index contributed by atoms with van der Waals surface area (Å²) in [5.41, 5.74) is 3.41. The van der Waals surface area contributed by atoms with Crippen LogP contribution in [-0.2, 0) is 16.0 Å². The molecule has 1 saturated heterocycles. The van der Waals surface area contributed by atoms with E-state index in [-0.39, 0.29) is 24.3 Å². The lowest BCUT2D eigenvalue weighted by Crippen LogP contribution is -2.55. The van der Waals surface area contributed by atoms with Gasteiger partial charge >= 0.3 is 6.09 Å². The second-order valence-corrected chi connectivity index (χ2v) is 11.5. The van der Waals surface area contributed by atoms with E-state index in [9.17, 15) is 20.0 Å². The van der Waals surface area contributed by atoms with Crippen molar-refractivity contribution in [3.8, 4) is 17.2 Å². The van der Waals surface area contributed by atoms with Gasteiger partial charge in [0.15, 0.2) is 6.23 Å². The fraction of sp³-hybridized carbons (Fsp3) is 0.464. The van der Waals surface area contributed by atoms with Gasteiger partial charge in [0, 0.05) is 34.3 Å². The van der Waals surface area contributed by atoms with Crippen molar-refractivity contribution in [2.45, 2.75) is 76.4 Å². The van der Waals surface area contributed by atoms with Crippen LogP contribution in [0, 0.1) is 17.2 Å². The monoisotopic (exact) mass is 522 g/mol. The van der Waals surface area contributed by atoms with Gasteiger partial charge in [0.2, 0.25) is 5.91 Å². The number of nitrogens with one attached hydrogen (secondary N) is 2. The molecule has 194 valence electrons. The molecule has 8 nitrogen and oxygen atoms in total. The minimum Gasteiger partial charge on any atom is -0.444 e. The van der Waals surface area contributed by atoms with E-state index in [1.54, 1.807) is 37.8 Å². The molecule has 0 radical (unpaired) electrons. The molecule has 2 heterocycles. The smallest absolute Gasteiger partial charge is 0.411 e. The topological polar surface area (TPSA) is 115 Å². The average Bonchev–Trinajstić information content (AvgIpc) is 3.44. The Labute approximate surface area is 221 Å². The average molecular weight is 523 g/mol. The fourth-order valence-corrected chi connectivity index (χ4v) is 6.00. The molecular weight excluding hydrogens is 492 g/mol. The molecule has 3 aliphatic rings. The standard InChI is InChI=1S/C28H31ClN4O4/c1-28(2,3)37-27(36)33-19-7-5-16(12-19)24(33)26(35)31-18(14-30)10-15-4-8-20-21-9-6-17(29)13-23(21)32-25(34)22(20)11-15/h4,6,8-9,11,13,16,18-19,24-25,32,34H,5,7,10,12H2,1-3H3,(H,31,35)/t16-,18?,19+,24-,25?/m0/s1. The van der Waals surface area contributed by atoms with Crippen LogP contribution in [0.4, 0.5) is 10.5 Å². The predicted octanol–water partition coefficient (Wildman–Crippen LogP) is 4.76. The zero-order valence-electron chi connectivity index (χ0n) is 21.1. The largest absolute Gasteiger partial charge is 0.444 e. The van der Waals surface area contributed by atoms with Gasteiger partial charge in [-0.1, -0.05) is 35.9 Å². The Bertz CT molecular complexity index is 1280. The number of aliphatic hydroxyl groups is 1. The van der Waals surface area contributed by atoms with Gasteiger partial charge in [-0.2, -0.15) is 5.26 Å². The number of halogens is 1. The van der Waals surface area contributed by atoms with Crippen molar-refractivity contribution in [3.63, 3.8) is 0 Å². The summed E-state index contributed by atoms with van der Waals surface area (Å²) in [5.74, 6) is -0.259. The molecule has 5 rings (SSSR count). The molecule has 2 aromatic rings. The number of nitriles is 1. The first-order valence-electron chi connectivity index (χ1n) is 12.6.